The molecule has 1 aromatic rings. The Morgan fingerprint density at radius 2 is 2.24 bits per heavy atom. The lowest BCUT2D eigenvalue weighted by atomic mass is 10.0. The number of carbonyl (C=O) groups is 2. The van der Waals surface area contributed by atoms with Crippen LogP contribution in [-0.4, -0.2) is 44.3 Å². The van der Waals surface area contributed by atoms with E-state index in [1.807, 2.05) is 6.92 Å². The van der Waals surface area contributed by atoms with E-state index in [0.717, 1.165) is 6.54 Å². The van der Waals surface area contributed by atoms with Crippen LogP contribution in [0.15, 0.2) is 11.4 Å². The Morgan fingerprint density at radius 3 is 2.95 bits per heavy atom. The fourth-order valence-electron chi connectivity index (χ4n) is 2.26. The van der Waals surface area contributed by atoms with Crippen LogP contribution in [0.5, 0.6) is 0 Å². The van der Waals surface area contributed by atoms with Crippen LogP contribution in [0.25, 0.3) is 0 Å². The van der Waals surface area contributed by atoms with E-state index in [0.29, 0.717) is 30.4 Å². The SMILES string of the molecule is CCNC1COCC1C(=O)Nc1sccc1C(=O)OCC. The molecule has 0 saturated carbocycles. The summed E-state index contributed by atoms with van der Waals surface area (Å²) in [6.45, 7) is 5.75. The molecule has 1 saturated heterocycles. The number of likely N-dealkylation sites (N-methyl/N-ethyl adjacent to an activating group) is 1. The number of hydrogen-bond acceptors (Lipinski definition) is 6. The molecule has 2 atom stereocenters. The minimum atomic E-state index is -0.417. The highest BCUT2D eigenvalue weighted by Gasteiger charge is 2.34. The van der Waals surface area contributed by atoms with Crippen molar-refractivity contribution in [1.29, 1.82) is 0 Å². The van der Waals surface area contributed by atoms with Gasteiger partial charge in [-0.25, -0.2) is 4.79 Å². The van der Waals surface area contributed by atoms with Crippen LogP contribution in [0.1, 0.15) is 24.2 Å². The number of esters is 1. The van der Waals surface area contributed by atoms with Crippen molar-refractivity contribution in [2.24, 2.45) is 5.92 Å². The third-order valence-electron chi connectivity index (χ3n) is 3.28. The summed E-state index contributed by atoms with van der Waals surface area (Å²) in [5, 5.41) is 8.34. The van der Waals surface area contributed by atoms with Crippen molar-refractivity contribution in [2.45, 2.75) is 19.9 Å². The highest BCUT2D eigenvalue weighted by Crippen LogP contribution is 2.26. The third kappa shape index (κ3) is 3.81. The van der Waals surface area contributed by atoms with Gasteiger partial charge in [-0.3, -0.25) is 4.79 Å². The summed E-state index contributed by atoms with van der Waals surface area (Å²) in [5.41, 5.74) is 0.397. The van der Waals surface area contributed by atoms with Crippen LogP contribution < -0.4 is 10.6 Å². The van der Waals surface area contributed by atoms with Gasteiger partial charge in [-0.2, -0.15) is 0 Å². The summed E-state index contributed by atoms with van der Waals surface area (Å²) in [6, 6.07) is 1.67. The number of amides is 1. The summed E-state index contributed by atoms with van der Waals surface area (Å²) in [6.07, 6.45) is 0. The van der Waals surface area contributed by atoms with Gasteiger partial charge in [0, 0.05) is 6.04 Å². The molecule has 2 rings (SSSR count). The average molecular weight is 312 g/mol. The molecule has 116 valence electrons. The molecule has 0 aliphatic carbocycles. The van der Waals surface area contributed by atoms with Gasteiger partial charge in [0.1, 0.15) is 5.00 Å². The minimum absolute atomic E-state index is 0.0148. The third-order valence-corrected chi connectivity index (χ3v) is 4.11. The normalized spacial score (nSPS) is 21.2. The summed E-state index contributed by atoms with van der Waals surface area (Å²) < 4.78 is 10.3. The van der Waals surface area contributed by atoms with Gasteiger partial charge in [-0.15, -0.1) is 11.3 Å². The first-order chi connectivity index (χ1) is 10.2. The van der Waals surface area contributed by atoms with Gasteiger partial charge in [0.05, 0.1) is 31.3 Å². The summed E-state index contributed by atoms with van der Waals surface area (Å²) in [5.74, 6) is -0.798. The first kappa shape index (κ1) is 15.9. The number of anilines is 1. The molecule has 1 amide bonds. The second kappa shape index (κ2) is 7.53. The quantitative estimate of drug-likeness (QED) is 0.778. The smallest absolute Gasteiger partial charge is 0.341 e. The minimum Gasteiger partial charge on any atom is -0.462 e. The number of carbonyl (C=O) groups excluding carboxylic acids is 2. The summed E-state index contributed by atoms with van der Waals surface area (Å²) >= 11 is 1.31. The molecule has 2 heterocycles. The zero-order valence-electron chi connectivity index (χ0n) is 12.2. The van der Waals surface area contributed by atoms with Crippen LogP contribution in [0.3, 0.4) is 0 Å². The number of rotatable bonds is 6. The maximum atomic E-state index is 12.4. The lowest BCUT2D eigenvalue weighted by Gasteiger charge is -2.17. The van der Waals surface area contributed by atoms with Gasteiger partial charge in [-0.1, -0.05) is 6.92 Å². The molecule has 1 aliphatic heterocycles. The lowest BCUT2D eigenvalue weighted by Crippen LogP contribution is -2.41. The highest BCUT2D eigenvalue weighted by molar-refractivity contribution is 7.14. The molecule has 0 aromatic carbocycles. The Bertz CT molecular complexity index is 503. The predicted molar refractivity (Wildman–Crippen MR) is 80.7 cm³/mol. The molecule has 21 heavy (non-hydrogen) atoms. The van der Waals surface area contributed by atoms with Crippen molar-refractivity contribution in [3.05, 3.63) is 17.0 Å². The largest absolute Gasteiger partial charge is 0.462 e. The number of ether oxygens (including phenoxy) is 2. The number of hydrogen-bond donors (Lipinski definition) is 2. The monoisotopic (exact) mass is 312 g/mol. The number of thiophene rings is 1. The van der Waals surface area contributed by atoms with E-state index < -0.39 is 5.97 Å². The van der Waals surface area contributed by atoms with Crippen LogP contribution in [0.2, 0.25) is 0 Å². The van der Waals surface area contributed by atoms with E-state index in [2.05, 4.69) is 10.6 Å². The Hall–Kier alpha value is -1.44. The summed E-state index contributed by atoms with van der Waals surface area (Å²) in [4.78, 5) is 24.1. The zero-order valence-corrected chi connectivity index (χ0v) is 13.0. The Morgan fingerprint density at radius 1 is 1.43 bits per heavy atom. The molecule has 1 aliphatic rings. The van der Waals surface area contributed by atoms with E-state index in [1.54, 1.807) is 18.4 Å². The van der Waals surface area contributed by atoms with Gasteiger partial charge in [0.15, 0.2) is 0 Å². The molecule has 0 bridgehead atoms. The van der Waals surface area contributed by atoms with Crippen molar-refractivity contribution in [3.63, 3.8) is 0 Å². The van der Waals surface area contributed by atoms with Crippen molar-refractivity contribution in [3.8, 4) is 0 Å². The van der Waals surface area contributed by atoms with Gasteiger partial charge in [-0.05, 0) is 24.9 Å². The van der Waals surface area contributed by atoms with Crippen molar-refractivity contribution >= 4 is 28.2 Å². The van der Waals surface area contributed by atoms with E-state index in [9.17, 15) is 9.59 Å². The molecular weight excluding hydrogens is 292 g/mol. The fourth-order valence-corrected chi connectivity index (χ4v) is 3.03. The average Bonchev–Trinajstić information content (AvgIpc) is 3.08. The molecule has 7 heteroatoms. The molecule has 6 nitrogen and oxygen atoms in total. The molecule has 0 radical (unpaired) electrons. The van der Waals surface area contributed by atoms with Crippen molar-refractivity contribution < 1.29 is 19.1 Å². The molecule has 1 fully saturated rings. The predicted octanol–water partition coefficient (Wildman–Crippen LogP) is 1.49. The second-order valence-electron chi connectivity index (χ2n) is 4.68. The van der Waals surface area contributed by atoms with Crippen LogP contribution in [-0.2, 0) is 14.3 Å². The molecule has 1 aromatic heterocycles. The van der Waals surface area contributed by atoms with E-state index in [1.165, 1.54) is 11.3 Å². The van der Waals surface area contributed by atoms with Crippen molar-refractivity contribution in [1.82, 2.24) is 5.32 Å². The first-order valence-electron chi connectivity index (χ1n) is 7.04. The Kier molecular flexibility index (Phi) is 5.72. The summed E-state index contributed by atoms with van der Waals surface area (Å²) in [7, 11) is 0. The highest BCUT2D eigenvalue weighted by atomic mass is 32.1. The fraction of sp³-hybridized carbons (Fsp3) is 0.571. The van der Waals surface area contributed by atoms with E-state index >= 15 is 0 Å². The van der Waals surface area contributed by atoms with Gasteiger partial charge in [0.25, 0.3) is 0 Å². The topological polar surface area (TPSA) is 76.7 Å². The van der Waals surface area contributed by atoms with Crippen molar-refractivity contribution in [2.75, 3.05) is 31.7 Å². The van der Waals surface area contributed by atoms with Crippen LogP contribution >= 0.6 is 11.3 Å². The van der Waals surface area contributed by atoms with E-state index in [4.69, 9.17) is 9.47 Å². The first-order valence-corrected chi connectivity index (χ1v) is 7.91. The number of nitrogens with one attached hydrogen (secondary N) is 2. The zero-order chi connectivity index (χ0) is 15.2. The lowest BCUT2D eigenvalue weighted by molar-refractivity contribution is -0.120. The van der Waals surface area contributed by atoms with Gasteiger partial charge >= 0.3 is 5.97 Å². The molecule has 2 unspecified atom stereocenters. The van der Waals surface area contributed by atoms with Crippen LogP contribution in [0.4, 0.5) is 5.00 Å². The molecule has 0 spiro atoms. The van der Waals surface area contributed by atoms with Crippen LogP contribution in [0, 0.1) is 5.92 Å². The second-order valence-corrected chi connectivity index (χ2v) is 5.60. The molecule has 2 N–H and O–H groups in total. The van der Waals surface area contributed by atoms with Gasteiger partial charge in [0.2, 0.25) is 5.91 Å². The van der Waals surface area contributed by atoms with E-state index in [-0.39, 0.29) is 17.9 Å². The maximum Gasteiger partial charge on any atom is 0.341 e. The van der Waals surface area contributed by atoms with Gasteiger partial charge < -0.3 is 20.1 Å². The molecular formula is C14H20N2O4S. The maximum absolute atomic E-state index is 12.4. The Labute approximate surface area is 127 Å². The standard InChI is InChI=1S/C14H20N2O4S/c1-3-15-11-8-19-7-10(11)12(17)16-13-9(5-6-21-13)14(18)20-4-2/h5-6,10-11,15H,3-4,7-8H2,1-2H3,(H,16,17). The Balaban J connectivity index is 2.03.